The van der Waals surface area contributed by atoms with E-state index in [9.17, 15) is 0 Å². The number of nitrogens with one attached hydrogen (secondary N) is 1. The summed E-state index contributed by atoms with van der Waals surface area (Å²) >= 11 is 0. The van der Waals surface area contributed by atoms with E-state index in [4.69, 9.17) is 5.26 Å². The summed E-state index contributed by atoms with van der Waals surface area (Å²) in [5, 5.41) is 11.8. The lowest BCUT2D eigenvalue weighted by Crippen LogP contribution is -2.33. The maximum absolute atomic E-state index is 8.58. The van der Waals surface area contributed by atoms with Crippen LogP contribution in [0.4, 0.5) is 0 Å². The summed E-state index contributed by atoms with van der Waals surface area (Å²) in [7, 11) is 0. The minimum absolute atomic E-state index is 0.00113. The van der Waals surface area contributed by atoms with Crippen molar-refractivity contribution in [3.8, 4) is 6.07 Å². The first-order valence-electron chi connectivity index (χ1n) is 4.74. The number of nitriles is 1. The lowest BCUT2D eigenvalue weighted by atomic mass is 9.92. The molecule has 2 heteroatoms. The van der Waals surface area contributed by atoms with Gasteiger partial charge in [-0.15, -0.1) is 0 Å². The molecule has 1 atom stereocenters. The minimum Gasteiger partial charge on any atom is -0.302 e. The van der Waals surface area contributed by atoms with Gasteiger partial charge in [0.25, 0.3) is 0 Å². The molecule has 0 aromatic rings. The molecule has 1 aliphatic carbocycles. The van der Waals surface area contributed by atoms with Crippen LogP contribution in [0.15, 0.2) is 0 Å². The van der Waals surface area contributed by atoms with Gasteiger partial charge in [-0.1, -0.05) is 13.8 Å². The molecule has 0 aromatic carbocycles. The third-order valence-corrected chi connectivity index (χ3v) is 3.07. The predicted octanol–water partition coefficient (Wildman–Crippen LogP) is 1.92. The Labute approximate surface area is 75.0 Å². The third-order valence-electron chi connectivity index (χ3n) is 3.07. The Bertz CT molecular complexity index is 187. The molecule has 1 fully saturated rings. The zero-order valence-corrected chi connectivity index (χ0v) is 8.22. The first-order chi connectivity index (χ1) is 5.60. The van der Waals surface area contributed by atoms with Gasteiger partial charge in [0, 0.05) is 6.54 Å². The predicted molar refractivity (Wildman–Crippen MR) is 49.6 cm³/mol. The van der Waals surface area contributed by atoms with Crippen LogP contribution in [0.5, 0.6) is 0 Å². The van der Waals surface area contributed by atoms with E-state index in [1.165, 1.54) is 12.8 Å². The van der Waals surface area contributed by atoms with Crippen molar-refractivity contribution in [1.82, 2.24) is 5.32 Å². The summed E-state index contributed by atoms with van der Waals surface area (Å²) in [6.45, 7) is 7.47. The lowest BCUT2D eigenvalue weighted by Gasteiger charge is -2.20. The van der Waals surface area contributed by atoms with Crippen LogP contribution in [0.2, 0.25) is 0 Å². The van der Waals surface area contributed by atoms with Gasteiger partial charge >= 0.3 is 0 Å². The van der Waals surface area contributed by atoms with Crippen molar-refractivity contribution < 1.29 is 0 Å². The number of nitrogens with zero attached hydrogens (tertiary/aromatic N) is 1. The Morgan fingerprint density at radius 3 is 2.33 bits per heavy atom. The Morgan fingerprint density at radius 1 is 1.42 bits per heavy atom. The second kappa shape index (κ2) is 3.45. The minimum atomic E-state index is 0.00113. The molecule has 68 valence electrons. The molecule has 0 aliphatic heterocycles. The van der Waals surface area contributed by atoms with Gasteiger partial charge in [-0.25, -0.2) is 0 Å². The first-order valence-corrected chi connectivity index (χ1v) is 4.74. The van der Waals surface area contributed by atoms with E-state index < -0.39 is 0 Å². The molecule has 0 bridgehead atoms. The van der Waals surface area contributed by atoms with Crippen molar-refractivity contribution >= 4 is 0 Å². The number of hydrogen-bond donors (Lipinski definition) is 1. The summed E-state index contributed by atoms with van der Waals surface area (Å²) in [5.41, 5.74) is 0.519. The highest BCUT2D eigenvalue weighted by atomic mass is 14.9. The van der Waals surface area contributed by atoms with Gasteiger partial charge in [-0.05, 0) is 31.1 Å². The van der Waals surface area contributed by atoms with Crippen LogP contribution >= 0.6 is 0 Å². The molecule has 12 heavy (non-hydrogen) atoms. The summed E-state index contributed by atoms with van der Waals surface area (Å²) in [6, 6.07) is 2.19. The molecule has 0 amide bonds. The average Bonchev–Trinajstić information content (AvgIpc) is 2.81. The quantitative estimate of drug-likeness (QED) is 0.692. The van der Waals surface area contributed by atoms with Gasteiger partial charge < -0.3 is 5.32 Å². The van der Waals surface area contributed by atoms with Crippen LogP contribution in [-0.2, 0) is 0 Å². The molecule has 0 aromatic heterocycles. The van der Waals surface area contributed by atoms with E-state index in [1.807, 2.05) is 6.92 Å². The fourth-order valence-electron chi connectivity index (χ4n) is 1.52. The van der Waals surface area contributed by atoms with Crippen LogP contribution in [-0.4, -0.2) is 12.6 Å². The molecule has 2 nitrogen and oxygen atoms in total. The highest BCUT2D eigenvalue weighted by Gasteiger charge is 2.44. The molecular weight excluding hydrogens is 148 g/mol. The highest BCUT2D eigenvalue weighted by molar-refractivity contribution is 4.99. The van der Waals surface area contributed by atoms with E-state index in [0.717, 1.165) is 12.5 Å². The smallest absolute Gasteiger partial charge is 0.0924 e. The zero-order valence-electron chi connectivity index (χ0n) is 8.22. The Hall–Kier alpha value is -0.550. The van der Waals surface area contributed by atoms with Crippen LogP contribution in [0, 0.1) is 22.7 Å². The maximum atomic E-state index is 8.58. The zero-order chi connectivity index (χ0) is 9.19. The van der Waals surface area contributed by atoms with Gasteiger partial charge in [0.1, 0.15) is 0 Å². The normalized spacial score (nSPS) is 21.9. The molecule has 1 rings (SSSR count). The Balaban J connectivity index is 2.28. The summed E-state index contributed by atoms with van der Waals surface area (Å²) in [4.78, 5) is 0. The van der Waals surface area contributed by atoms with E-state index in [2.05, 4.69) is 25.2 Å². The van der Waals surface area contributed by atoms with Crippen LogP contribution < -0.4 is 5.32 Å². The Morgan fingerprint density at radius 2 is 2.00 bits per heavy atom. The number of hydrogen-bond acceptors (Lipinski definition) is 2. The summed E-state index contributed by atoms with van der Waals surface area (Å²) in [5.74, 6) is 0.746. The molecular formula is C10H18N2. The van der Waals surface area contributed by atoms with Gasteiger partial charge in [0.2, 0.25) is 0 Å². The van der Waals surface area contributed by atoms with Crippen molar-refractivity contribution in [3.05, 3.63) is 0 Å². The van der Waals surface area contributed by atoms with Crippen molar-refractivity contribution in [2.24, 2.45) is 11.3 Å². The standard InChI is InChI=1S/C10H18N2/c1-8(2)10(4-5-10)7-12-9(3)6-11/h8-9,12H,4-5,7H2,1-3H3. The van der Waals surface area contributed by atoms with Gasteiger partial charge in [0.05, 0.1) is 12.1 Å². The molecule has 1 aliphatic rings. The first kappa shape index (κ1) is 9.54. The summed E-state index contributed by atoms with van der Waals surface area (Å²) in [6.07, 6.45) is 2.66. The average molecular weight is 166 g/mol. The van der Waals surface area contributed by atoms with E-state index >= 15 is 0 Å². The second-order valence-electron chi connectivity index (χ2n) is 4.25. The van der Waals surface area contributed by atoms with E-state index in [0.29, 0.717) is 5.41 Å². The van der Waals surface area contributed by atoms with E-state index in [-0.39, 0.29) is 6.04 Å². The van der Waals surface area contributed by atoms with Crippen molar-refractivity contribution in [2.75, 3.05) is 6.54 Å². The highest BCUT2D eigenvalue weighted by Crippen LogP contribution is 2.51. The SMILES string of the molecule is CC(C#N)NCC1(C(C)C)CC1. The largest absolute Gasteiger partial charge is 0.302 e. The van der Waals surface area contributed by atoms with Gasteiger partial charge in [0.15, 0.2) is 0 Å². The third kappa shape index (κ3) is 1.98. The fourth-order valence-corrected chi connectivity index (χ4v) is 1.52. The number of rotatable bonds is 4. The summed E-state index contributed by atoms with van der Waals surface area (Å²) < 4.78 is 0. The second-order valence-corrected chi connectivity index (χ2v) is 4.25. The van der Waals surface area contributed by atoms with E-state index in [1.54, 1.807) is 0 Å². The topological polar surface area (TPSA) is 35.8 Å². The van der Waals surface area contributed by atoms with Gasteiger partial charge in [-0.3, -0.25) is 0 Å². The molecule has 0 heterocycles. The molecule has 1 saturated carbocycles. The Kier molecular flexibility index (Phi) is 2.74. The van der Waals surface area contributed by atoms with Crippen molar-refractivity contribution in [3.63, 3.8) is 0 Å². The lowest BCUT2D eigenvalue weighted by molar-refractivity contribution is 0.333. The fraction of sp³-hybridized carbons (Fsp3) is 0.900. The van der Waals surface area contributed by atoms with Crippen LogP contribution in [0.1, 0.15) is 33.6 Å². The van der Waals surface area contributed by atoms with Crippen LogP contribution in [0.3, 0.4) is 0 Å². The van der Waals surface area contributed by atoms with Crippen molar-refractivity contribution in [2.45, 2.75) is 39.7 Å². The van der Waals surface area contributed by atoms with Crippen LogP contribution in [0.25, 0.3) is 0 Å². The molecule has 1 N–H and O–H groups in total. The van der Waals surface area contributed by atoms with Crippen molar-refractivity contribution in [1.29, 1.82) is 5.26 Å². The maximum Gasteiger partial charge on any atom is 0.0924 e. The monoisotopic (exact) mass is 166 g/mol. The van der Waals surface area contributed by atoms with Gasteiger partial charge in [-0.2, -0.15) is 5.26 Å². The molecule has 0 saturated heterocycles. The molecule has 0 spiro atoms. The molecule has 0 radical (unpaired) electrons. The molecule has 1 unspecified atom stereocenters.